The summed E-state index contributed by atoms with van der Waals surface area (Å²) in [7, 11) is 0. The van der Waals surface area contributed by atoms with Gasteiger partial charge in [-0.25, -0.2) is 4.39 Å². The van der Waals surface area contributed by atoms with Gasteiger partial charge in [-0.05, 0) is 25.2 Å². The molecule has 1 saturated heterocycles. The van der Waals surface area contributed by atoms with Gasteiger partial charge >= 0.3 is 0 Å². The van der Waals surface area contributed by atoms with Crippen LogP contribution in [0.15, 0.2) is 0 Å². The van der Waals surface area contributed by atoms with E-state index in [0.29, 0.717) is 25.6 Å². The van der Waals surface area contributed by atoms with Gasteiger partial charge in [-0.1, -0.05) is 6.42 Å². The van der Waals surface area contributed by atoms with E-state index in [1.54, 1.807) is 0 Å². The second kappa shape index (κ2) is 5.29. The molecule has 2 N–H and O–H groups in total. The Labute approximate surface area is 91.4 Å². The summed E-state index contributed by atoms with van der Waals surface area (Å²) in [4.78, 5) is 2.26. The van der Waals surface area contributed by atoms with Gasteiger partial charge in [-0.3, -0.25) is 4.90 Å². The Bertz CT molecular complexity index is 176. The summed E-state index contributed by atoms with van der Waals surface area (Å²) in [5, 5.41) is 0. The van der Waals surface area contributed by atoms with Crippen molar-refractivity contribution in [1.29, 1.82) is 0 Å². The van der Waals surface area contributed by atoms with Gasteiger partial charge in [0.1, 0.15) is 6.17 Å². The van der Waals surface area contributed by atoms with E-state index in [9.17, 15) is 4.39 Å². The first-order valence-electron chi connectivity index (χ1n) is 5.37. The fourth-order valence-electron chi connectivity index (χ4n) is 2.40. The summed E-state index contributed by atoms with van der Waals surface area (Å²) in [6.45, 7) is 2.33. The Morgan fingerprint density at radius 3 is 2.57 bits per heavy atom. The fraction of sp³-hybridized carbons (Fsp3) is 1.00. The van der Waals surface area contributed by atoms with Crippen molar-refractivity contribution in [3.8, 4) is 0 Å². The summed E-state index contributed by atoms with van der Waals surface area (Å²) >= 11 is 0. The van der Waals surface area contributed by atoms with Crippen LogP contribution < -0.4 is 5.73 Å². The second-order valence-electron chi connectivity index (χ2n) is 4.47. The molecule has 2 atom stereocenters. The van der Waals surface area contributed by atoms with E-state index in [1.807, 2.05) is 0 Å². The third-order valence-corrected chi connectivity index (χ3v) is 3.47. The first-order valence-corrected chi connectivity index (χ1v) is 5.37. The summed E-state index contributed by atoms with van der Waals surface area (Å²) in [5.74, 6) is 0.833. The number of hydrogen-bond donors (Lipinski definition) is 1. The minimum absolute atomic E-state index is 0. The number of hydrogen-bond acceptors (Lipinski definition) is 2. The van der Waals surface area contributed by atoms with Crippen LogP contribution in [-0.2, 0) is 0 Å². The molecule has 14 heavy (non-hydrogen) atoms. The van der Waals surface area contributed by atoms with Crippen molar-refractivity contribution in [2.24, 2.45) is 11.7 Å². The maximum absolute atomic E-state index is 13.1. The van der Waals surface area contributed by atoms with Crippen LogP contribution in [0.25, 0.3) is 0 Å². The molecule has 0 aromatic heterocycles. The van der Waals surface area contributed by atoms with Crippen LogP contribution in [0.5, 0.6) is 0 Å². The van der Waals surface area contributed by atoms with Crippen LogP contribution in [0.2, 0.25) is 0 Å². The van der Waals surface area contributed by atoms with Crippen LogP contribution >= 0.6 is 12.4 Å². The molecular weight excluding hydrogens is 203 g/mol. The molecule has 0 spiro atoms. The Hall–Kier alpha value is 0.140. The number of nitrogens with zero attached hydrogens (tertiary/aromatic N) is 1. The molecule has 1 heterocycles. The maximum atomic E-state index is 13.1. The predicted octanol–water partition coefficient (Wildman–Crippen LogP) is 1.58. The SMILES string of the molecule is Cl.NC[C@@H]1C[C@H](F)CN1CC1CCC1. The molecule has 0 amide bonds. The monoisotopic (exact) mass is 222 g/mol. The molecule has 0 aromatic carbocycles. The molecule has 1 aliphatic carbocycles. The normalized spacial score (nSPS) is 33.9. The summed E-state index contributed by atoms with van der Waals surface area (Å²) in [6, 6.07) is 0.315. The fourth-order valence-corrected chi connectivity index (χ4v) is 2.40. The van der Waals surface area contributed by atoms with Crippen LogP contribution in [0.4, 0.5) is 4.39 Å². The molecule has 0 unspecified atom stereocenters. The Kier molecular flexibility index (Phi) is 4.61. The van der Waals surface area contributed by atoms with Gasteiger partial charge in [0.2, 0.25) is 0 Å². The highest BCUT2D eigenvalue weighted by Gasteiger charge is 2.33. The van der Waals surface area contributed by atoms with Gasteiger partial charge in [0.25, 0.3) is 0 Å². The van der Waals surface area contributed by atoms with Crippen molar-refractivity contribution >= 4 is 12.4 Å². The van der Waals surface area contributed by atoms with Gasteiger partial charge in [0.15, 0.2) is 0 Å². The summed E-state index contributed by atoms with van der Waals surface area (Å²) in [6.07, 6.45) is 4.07. The lowest BCUT2D eigenvalue weighted by atomic mass is 9.85. The Morgan fingerprint density at radius 2 is 2.07 bits per heavy atom. The highest BCUT2D eigenvalue weighted by molar-refractivity contribution is 5.85. The lowest BCUT2D eigenvalue weighted by Crippen LogP contribution is -2.40. The largest absolute Gasteiger partial charge is 0.329 e. The average molecular weight is 223 g/mol. The first-order chi connectivity index (χ1) is 6.29. The third-order valence-electron chi connectivity index (χ3n) is 3.47. The average Bonchev–Trinajstić information content (AvgIpc) is 2.38. The molecule has 2 rings (SSSR count). The molecule has 2 nitrogen and oxygen atoms in total. The number of alkyl halides is 1. The predicted molar refractivity (Wildman–Crippen MR) is 58.5 cm³/mol. The second-order valence-corrected chi connectivity index (χ2v) is 4.47. The van der Waals surface area contributed by atoms with Gasteiger partial charge in [0, 0.05) is 25.7 Å². The molecule has 2 aliphatic rings. The van der Waals surface area contributed by atoms with E-state index in [-0.39, 0.29) is 12.4 Å². The molecule has 84 valence electrons. The minimum atomic E-state index is -0.631. The Balaban J connectivity index is 0.000000980. The van der Waals surface area contributed by atoms with Crippen LogP contribution in [0.1, 0.15) is 25.7 Å². The zero-order chi connectivity index (χ0) is 9.26. The highest BCUT2D eigenvalue weighted by Crippen LogP contribution is 2.30. The first kappa shape index (κ1) is 12.2. The van der Waals surface area contributed by atoms with Crippen LogP contribution in [0, 0.1) is 5.92 Å². The zero-order valence-corrected chi connectivity index (χ0v) is 9.31. The van der Waals surface area contributed by atoms with Gasteiger partial charge < -0.3 is 5.73 Å². The van der Waals surface area contributed by atoms with E-state index in [1.165, 1.54) is 19.3 Å². The molecule has 4 heteroatoms. The molecule has 1 saturated carbocycles. The number of nitrogens with two attached hydrogens (primary N) is 1. The van der Waals surface area contributed by atoms with Crippen LogP contribution in [0.3, 0.4) is 0 Å². The van der Waals surface area contributed by atoms with Gasteiger partial charge in [0.05, 0.1) is 0 Å². The van der Waals surface area contributed by atoms with E-state index < -0.39 is 6.17 Å². The smallest absolute Gasteiger partial charge is 0.114 e. The van der Waals surface area contributed by atoms with Gasteiger partial charge in [-0.15, -0.1) is 12.4 Å². The number of rotatable bonds is 3. The maximum Gasteiger partial charge on any atom is 0.114 e. The molecule has 2 fully saturated rings. The van der Waals surface area contributed by atoms with Crippen molar-refractivity contribution in [3.05, 3.63) is 0 Å². The lowest BCUT2D eigenvalue weighted by Gasteiger charge is -2.32. The van der Waals surface area contributed by atoms with Crippen molar-refractivity contribution in [2.45, 2.75) is 37.9 Å². The molecular formula is C10H20ClFN2. The van der Waals surface area contributed by atoms with Crippen LogP contribution in [-0.4, -0.2) is 36.7 Å². The van der Waals surface area contributed by atoms with E-state index in [0.717, 1.165) is 12.5 Å². The lowest BCUT2D eigenvalue weighted by molar-refractivity contribution is 0.164. The van der Waals surface area contributed by atoms with E-state index >= 15 is 0 Å². The van der Waals surface area contributed by atoms with Gasteiger partial charge in [-0.2, -0.15) is 0 Å². The van der Waals surface area contributed by atoms with Crippen molar-refractivity contribution < 1.29 is 4.39 Å². The minimum Gasteiger partial charge on any atom is -0.329 e. The van der Waals surface area contributed by atoms with Crippen molar-refractivity contribution in [3.63, 3.8) is 0 Å². The zero-order valence-electron chi connectivity index (χ0n) is 8.49. The number of halogens is 2. The molecule has 0 bridgehead atoms. The molecule has 0 radical (unpaired) electrons. The van der Waals surface area contributed by atoms with Crippen molar-refractivity contribution in [2.75, 3.05) is 19.6 Å². The summed E-state index contributed by atoms with van der Waals surface area (Å²) < 4.78 is 13.1. The molecule has 1 aliphatic heterocycles. The third kappa shape index (κ3) is 2.59. The molecule has 0 aromatic rings. The standard InChI is InChI=1S/C10H19FN2.ClH/c11-9-4-10(5-12)13(7-9)6-8-2-1-3-8;/h8-10H,1-7,12H2;1H/t9-,10-;/m0./s1. The topological polar surface area (TPSA) is 29.3 Å². The van der Waals surface area contributed by atoms with E-state index in [2.05, 4.69) is 4.90 Å². The quantitative estimate of drug-likeness (QED) is 0.786. The van der Waals surface area contributed by atoms with E-state index in [4.69, 9.17) is 5.73 Å². The Morgan fingerprint density at radius 1 is 1.36 bits per heavy atom. The number of likely N-dealkylation sites (tertiary alicyclic amines) is 1. The highest BCUT2D eigenvalue weighted by atomic mass is 35.5. The van der Waals surface area contributed by atoms with Crippen molar-refractivity contribution in [1.82, 2.24) is 4.90 Å². The summed E-state index contributed by atoms with van der Waals surface area (Å²) in [5.41, 5.74) is 5.61.